The third-order valence-corrected chi connectivity index (χ3v) is 5.07. The van der Waals surface area contributed by atoms with Crippen molar-refractivity contribution >= 4 is 34.1 Å². The molecule has 0 bridgehead atoms. The van der Waals surface area contributed by atoms with Crippen LogP contribution >= 0.6 is 0 Å². The van der Waals surface area contributed by atoms with Crippen LogP contribution in [0.25, 0.3) is 0 Å². The monoisotopic (exact) mass is 462 g/mol. The molecule has 0 saturated heterocycles. The minimum absolute atomic E-state index is 0.00555. The van der Waals surface area contributed by atoms with Crippen LogP contribution in [0, 0.1) is 17.0 Å². The predicted octanol–water partition coefficient (Wildman–Crippen LogP) is 6.56. The lowest BCUT2D eigenvalue weighted by atomic mass is 10.1. The van der Waals surface area contributed by atoms with Crippen molar-refractivity contribution in [3.05, 3.63) is 76.3 Å². The van der Waals surface area contributed by atoms with Crippen molar-refractivity contribution in [2.24, 2.45) is 20.5 Å². The minimum atomic E-state index is -0.464. The lowest BCUT2D eigenvalue weighted by Gasteiger charge is -2.21. The summed E-state index contributed by atoms with van der Waals surface area (Å²) in [5, 5.41) is 37.0. The second-order valence-corrected chi connectivity index (χ2v) is 7.30. The molecule has 1 N–H and O–H groups in total. The van der Waals surface area contributed by atoms with E-state index in [1.54, 1.807) is 12.1 Å². The van der Waals surface area contributed by atoms with E-state index in [9.17, 15) is 15.2 Å². The van der Waals surface area contributed by atoms with Crippen LogP contribution in [0.5, 0.6) is 5.75 Å². The normalized spacial score (nSPS) is 11.3. The van der Waals surface area contributed by atoms with Gasteiger partial charge < -0.3 is 14.7 Å². The number of nitro benzene ring substituents is 1. The van der Waals surface area contributed by atoms with Crippen LogP contribution in [-0.2, 0) is 0 Å². The van der Waals surface area contributed by atoms with E-state index in [2.05, 4.69) is 25.4 Å². The van der Waals surface area contributed by atoms with Gasteiger partial charge in [0.1, 0.15) is 11.4 Å². The average molecular weight is 463 g/mol. The number of methoxy groups -OCH3 is 1. The molecule has 176 valence electrons. The Morgan fingerprint density at radius 2 is 1.53 bits per heavy atom. The number of aliphatic hydroxyl groups is 1. The van der Waals surface area contributed by atoms with Crippen molar-refractivity contribution in [2.75, 3.05) is 31.7 Å². The van der Waals surface area contributed by atoms with E-state index < -0.39 is 4.92 Å². The molecule has 10 heteroatoms. The first-order chi connectivity index (χ1) is 16.4. The minimum Gasteiger partial charge on any atom is -0.494 e. The van der Waals surface area contributed by atoms with Gasteiger partial charge in [0.15, 0.2) is 0 Å². The molecule has 0 aliphatic heterocycles. The Morgan fingerprint density at radius 1 is 0.941 bits per heavy atom. The summed E-state index contributed by atoms with van der Waals surface area (Å²) in [4.78, 5) is 12.4. The number of hydrogen-bond acceptors (Lipinski definition) is 9. The summed E-state index contributed by atoms with van der Waals surface area (Å²) in [6, 6.07) is 17.0. The fraction of sp³-hybridized carbons (Fsp3) is 0.250. The molecular weight excluding hydrogens is 436 g/mol. The molecule has 0 atom stereocenters. The van der Waals surface area contributed by atoms with Crippen molar-refractivity contribution in [1.82, 2.24) is 0 Å². The Kier molecular flexibility index (Phi) is 8.36. The smallest absolute Gasteiger partial charge is 0.269 e. The van der Waals surface area contributed by atoms with E-state index in [4.69, 9.17) is 4.74 Å². The molecule has 0 radical (unpaired) electrons. The number of nitrogens with zero attached hydrogens (tertiary/aromatic N) is 6. The Hall–Kier alpha value is -4.18. The first kappa shape index (κ1) is 24.5. The van der Waals surface area contributed by atoms with E-state index in [0.717, 1.165) is 17.8 Å². The van der Waals surface area contributed by atoms with Gasteiger partial charge in [-0.2, -0.15) is 15.3 Å². The molecule has 34 heavy (non-hydrogen) atoms. The lowest BCUT2D eigenvalue weighted by Crippen LogP contribution is -2.25. The number of non-ortho nitro benzene ring substituents is 1. The van der Waals surface area contributed by atoms with Crippen molar-refractivity contribution in [1.29, 1.82) is 0 Å². The highest BCUT2D eigenvalue weighted by Gasteiger charge is 2.09. The Balaban J connectivity index is 1.77. The van der Waals surface area contributed by atoms with Crippen molar-refractivity contribution in [2.45, 2.75) is 13.8 Å². The van der Waals surface area contributed by atoms with E-state index in [0.29, 0.717) is 35.0 Å². The number of aryl methyl sites for hydroxylation is 1. The Labute approximate surface area is 197 Å². The number of rotatable bonds is 10. The zero-order valence-electron chi connectivity index (χ0n) is 19.3. The summed E-state index contributed by atoms with van der Waals surface area (Å²) in [5.74, 6) is 0.490. The van der Waals surface area contributed by atoms with Gasteiger partial charge in [-0.05, 0) is 61.9 Å². The van der Waals surface area contributed by atoms with E-state index in [-0.39, 0.29) is 12.3 Å². The highest BCUT2D eigenvalue weighted by molar-refractivity contribution is 5.63. The highest BCUT2D eigenvalue weighted by atomic mass is 16.6. The van der Waals surface area contributed by atoms with Crippen molar-refractivity contribution < 1.29 is 14.8 Å². The second-order valence-electron chi connectivity index (χ2n) is 7.30. The van der Waals surface area contributed by atoms with Gasteiger partial charge in [-0.25, -0.2) is 0 Å². The fourth-order valence-corrected chi connectivity index (χ4v) is 3.20. The summed E-state index contributed by atoms with van der Waals surface area (Å²) in [7, 11) is 1.54. The van der Waals surface area contributed by atoms with Gasteiger partial charge in [-0.1, -0.05) is 0 Å². The topological polar surface area (TPSA) is 125 Å². The summed E-state index contributed by atoms with van der Waals surface area (Å²) in [6.07, 6.45) is 0. The van der Waals surface area contributed by atoms with Crippen LogP contribution in [-0.4, -0.2) is 36.8 Å². The number of azo groups is 2. The number of nitro groups is 1. The molecular formula is C24H26N6O4. The third kappa shape index (κ3) is 6.20. The number of hydrogen-bond donors (Lipinski definition) is 1. The van der Waals surface area contributed by atoms with Crippen LogP contribution in [0.4, 0.5) is 34.1 Å². The summed E-state index contributed by atoms with van der Waals surface area (Å²) in [6.45, 7) is 5.37. The SMILES string of the molecule is CCN(CCO)c1ccc(/N=N/c2cc(C)c(/N=N/c3ccc([N+](=O)[O-])cc3)cc2OC)cc1. The molecule has 0 heterocycles. The highest BCUT2D eigenvalue weighted by Crippen LogP contribution is 2.36. The Bertz CT molecular complexity index is 1180. The van der Waals surface area contributed by atoms with E-state index >= 15 is 0 Å². The number of ether oxygens (including phenoxy) is 1. The molecule has 3 aromatic carbocycles. The first-order valence-electron chi connectivity index (χ1n) is 10.7. The standard InChI is InChI=1S/C24H26N6O4/c1-4-29(13-14-31)20-9-5-18(6-10-20)26-28-23-15-17(2)22(16-24(23)34-3)27-25-19-7-11-21(12-8-19)30(32)33/h5-12,15-16,31H,4,13-14H2,1-3H3/b27-25+,28-26+. The average Bonchev–Trinajstić information content (AvgIpc) is 2.86. The molecule has 0 saturated carbocycles. The zero-order valence-corrected chi connectivity index (χ0v) is 19.3. The number of aliphatic hydroxyl groups excluding tert-OH is 1. The first-order valence-corrected chi connectivity index (χ1v) is 10.7. The number of anilines is 1. The van der Waals surface area contributed by atoms with Gasteiger partial charge in [0.2, 0.25) is 0 Å². The number of benzene rings is 3. The molecule has 0 aromatic heterocycles. The van der Waals surface area contributed by atoms with Crippen molar-refractivity contribution in [3.63, 3.8) is 0 Å². The zero-order chi connectivity index (χ0) is 24.5. The summed E-state index contributed by atoms with van der Waals surface area (Å²) in [5.41, 5.74) is 4.14. The largest absolute Gasteiger partial charge is 0.494 e. The van der Waals surface area contributed by atoms with Crippen LogP contribution in [0.3, 0.4) is 0 Å². The summed E-state index contributed by atoms with van der Waals surface area (Å²) >= 11 is 0. The molecule has 10 nitrogen and oxygen atoms in total. The number of likely N-dealkylation sites (N-methyl/N-ethyl adjacent to an activating group) is 1. The molecule has 0 unspecified atom stereocenters. The maximum Gasteiger partial charge on any atom is 0.269 e. The van der Waals surface area contributed by atoms with Crippen LogP contribution in [0.1, 0.15) is 12.5 Å². The molecule has 0 amide bonds. The molecule has 0 aliphatic carbocycles. The molecule has 3 aromatic rings. The van der Waals surface area contributed by atoms with Gasteiger partial charge in [0, 0.05) is 37.0 Å². The molecule has 3 rings (SSSR count). The predicted molar refractivity (Wildman–Crippen MR) is 131 cm³/mol. The fourth-order valence-electron chi connectivity index (χ4n) is 3.20. The van der Waals surface area contributed by atoms with Gasteiger partial charge in [-0.3, -0.25) is 10.1 Å². The van der Waals surface area contributed by atoms with Crippen LogP contribution in [0.2, 0.25) is 0 Å². The molecule has 0 aliphatic rings. The van der Waals surface area contributed by atoms with E-state index in [1.165, 1.54) is 31.4 Å². The second kappa shape index (κ2) is 11.6. The van der Waals surface area contributed by atoms with Crippen LogP contribution in [0.15, 0.2) is 81.1 Å². The maximum atomic E-state index is 10.8. The lowest BCUT2D eigenvalue weighted by molar-refractivity contribution is -0.384. The van der Waals surface area contributed by atoms with Gasteiger partial charge >= 0.3 is 0 Å². The molecule has 0 spiro atoms. The summed E-state index contributed by atoms with van der Waals surface area (Å²) < 4.78 is 5.45. The van der Waals surface area contributed by atoms with Crippen molar-refractivity contribution in [3.8, 4) is 5.75 Å². The Morgan fingerprint density at radius 3 is 2.06 bits per heavy atom. The van der Waals surface area contributed by atoms with Gasteiger partial charge in [0.25, 0.3) is 5.69 Å². The third-order valence-electron chi connectivity index (χ3n) is 5.07. The van der Waals surface area contributed by atoms with Crippen LogP contribution < -0.4 is 9.64 Å². The maximum absolute atomic E-state index is 10.8. The quantitative estimate of drug-likeness (QED) is 0.207. The van der Waals surface area contributed by atoms with Gasteiger partial charge in [-0.15, -0.1) is 5.11 Å². The van der Waals surface area contributed by atoms with E-state index in [1.807, 2.05) is 38.1 Å². The van der Waals surface area contributed by atoms with Gasteiger partial charge in [0.05, 0.1) is 35.7 Å². The molecule has 0 fully saturated rings.